The molecule has 0 radical (unpaired) electrons. The third kappa shape index (κ3) is 5.94. The molecule has 1 aromatic rings. The van der Waals surface area contributed by atoms with E-state index in [0.717, 1.165) is 49.8 Å². The largest absolute Gasteiger partial charge is 0.381 e. The lowest BCUT2D eigenvalue weighted by molar-refractivity contribution is 0.150. The SMILES string of the molecule is Cc1nnc(CN=C(NC2CCCCC2)NC2CCN(CC3CCOC3)CC2)n1C. The number of guanidine groups is 1. The molecule has 168 valence electrons. The van der Waals surface area contributed by atoms with E-state index in [1.165, 1.54) is 57.9 Å². The van der Waals surface area contributed by atoms with Crippen LogP contribution in [0.15, 0.2) is 4.99 Å². The first-order valence-electron chi connectivity index (χ1n) is 11.9. The van der Waals surface area contributed by atoms with E-state index in [4.69, 9.17) is 9.73 Å². The number of piperidine rings is 1. The average molecular weight is 418 g/mol. The molecule has 8 nitrogen and oxygen atoms in total. The molecule has 4 rings (SSSR count). The zero-order valence-electron chi connectivity index (χ0n) is 18.8. The number of aryl methyl sites for hydroxylation is 1. The minimum atomic E-state index is 0.483. The molecule has 0 bridgehead atoms. The maximum atomic E-state index is 5.54. The summed E-state index contributed by atoms with van der Waals surface area (Å²) in [5.41, 5.74) is 0. The molecular formula is C22H39N7O. The third-order valence-electron chi connectivity index (χ3n) is 6.98. The van der Waals surface area contributed by atoms with E-state index in [-0.39, 0.29) is 0 Å². The number of nitrogens with zero attached hydrogens (tertiary/aromatic N) is 5. The molecule has 3 heterocycles. The molecule has 0 spiro atoms. The summed E-state index contributed by atoms with van der Waals surface area (Å²) < 4.78 is 7.56. The Morgan fingerprint density at radius 2 is 1.77 bits per heavy atom. The summed E-state index contributed by atoms with van der Waals surface area (Å²) in [6.45, 7) is 7.94. The van der Waals surface area contributed by atoms with Gasteiger partial charge in [0.15, 0.2) is 11.8 Å². The summed E-state index contributed by atoms with van der Waals surface area (Å²) in [5.74, 6) is 3.51. The van der Waals surface area contributed by atoms with Crippen molar-refractivity contribution in [1.29, 1.82) is 0 Å². The van der Waals surface area contributed by atoms with Gasteiger partial charge >= 0.3 is 0 Å². The van der Waals surface area contributed by atoms with Crippen LogP contribution in [0.4, 0.5) is 0 Å². The highest BCUT2D eigenvalue weighted by molar-refractivity contribution is 5.80. The highest BCUT2D eigenvalue weighted by atomic mass is 16.5. The van der Waals surface area contributed by atoms with Gasteiger partial charge in [-0.05, 0) is 44.9 Å². The normalized spacial score (nSPS) is 25.0. The number of rotatable bonds is 6. The van der Waals surface area contributed by atoms with E-state index in [9.17, 15) is 0 Å². The molecule has 3 fully saturated rings. The summed E-state index contributed by atoms with van der Waals surface area (Å²) in [6, 6.07) is 1.02. The molecule has 0 amide bonds. The number of ether oxygens (including phenoxy) is 1. The molecule has 0 aromatic carbocycles. The van der Waals surface area contributed by atoms with Gasteiger partial charge in [0.25, 0.3) is 0 Å². The number of aromatic nitrogens is 3. The van der Waals surface area contributed by atoms with Crippen molar-refractivity contribution in [2.24, 2.45) is 18.0 Å². The highest BCUT2D eigenvalue weighted by Crippen LogP contribution is 2.19. The van der Waals surface area contributed by atoms with E-state index >= 15 is 0 Å². The van der Waals surface area contributed by atoms with Crippen molar-refractivity contribution in [3.63, 3.8) is 0 Å². The number of hydrogen-bond acceptors (Lipinski definition) is 5. The highest BCUT2D eigenvalue weighted by Gasteiger charge is 2.25. The number of aliphatic imine (C=N–C) groups is 1. The molecule has 2 aliphatic heterocycles. The Hall–Kier alpha value is -1.67. The van der Waals surface area contributed by atoms with Crippen LogP contribution in [0, 0.1) is 12.8 Å². The predicted octanol–water partition coefficient (Wildman–Crippen LogP) is 1.99. The van der Waals surface area contributed by atoms with Gasteiger partial charge in [0.05, 0.1) is 6.61 Å². The van der Waals surface area contributed by atoms with Crippen LogP contribution in [0.5, 0.6) is 0 Å². The standard InChI is InChI=1S/C22H39N7O/c1-17-26-27-21(28(17)2)14-23-22(24-19-6-4-3-5-7-19)25-20-8-11-29(12-9-20)15-18-10-13-30-16-18/h18-20H,3-16H2,1-2H3,(H2,23,24,25). The van der Waals surface area contributed by atoms with Crippen molar-refractivity contribution in [2.45, 2.75) is 76.9 Å². The summed E-state index contributed by atoms with van der Waals surface area (Å²) >= 11 is 0. The summed E-state index contributed by atoms with van der Waals surface area (Å²) in [5, 5.41) is 15.9. The molecular weight excluding hydrogens is 378 g/mol. The lowest BCUT2D eigenvalue weighted by atomic mass is 9.95. The molecule has 1 saturated carbocycles. The molecule has 8 heteroatoms. The van der Waals surface area contributed by atoms with Crippen LogP contribution in [-0.2, 0) is 18.3 Å². The van der Waals surface area contributed by atoms with Crippen LogP contribution < -0.4 is 10.6 Å². The van der Waals surface area contributed by atoms with Gasteiger partial charge in [-0.15, -0.1) is 10.2 Å². The second-order valence-corrected chi connectivity index (χ2v) is 9.32. The molecule has 2 N–H and O–H groups in total. The van der Waals surface area contributed by atoms with E-state index < -0.39 is 0 Å². The van der Waals surface area contributed by atoms with Gasteiger partial charge in [-0.25, -0.2) is 4.99 Å². The van der Waals surface area contributed by atoms with Crippen LogP contribution in [0.3, 0.4) is 0 Å². The first-order valence-corrected chi connectivity index (χ1v) is 11.9. The minimum absolute atomic E-state index is 0.483. The van der Waals surface area contributed by atoms with Crippen molar-refractivity contribution < 1.29 is 4.74 Å². The summed E-state index contributed by atoms with van der Waals surface area (Å²) in [6.07, 6.45) is 10.0. The van der Waals surface area contributed by atoms with Crippen LogP contribution in [0.25, 0.3) is 0 Å². The lowest BCUT2D eigenvalue weighted by Gasteiger charge is -2.35. The smallest absolute Gasteiger partial charge is 0.192 e. The van der Waals surface area contributed by atoms with Gasteiger partial charge in [0, 0.05) is 45.4 Å². The van der Waals surface area contributed by atoms with Crippen LogP contribution in [-0.4, -0.2) is 70.6 Å². The monoisotopic (exact) mass is 417 g/mol. The number of nitrogens with one attached hydrogen (secondary N) is 2. The van der Waals surface area contributed by atoms with E-state index in [1.54, 1.807) is 0 Å². The average Bonchev–Trinajstić information content (AvgIpc) is 3.39. The van der Waals surface area contributed by atoms with Crippen molar-refractivity contribution >= 4 is 5.96 Å². The molecule has 30 heavy (non-hydrogen) atoms. The zero-order valence-corrected chi connectivity index (χ0v) is 18.8. The van der Waals surface area contributed by atoms with Crippen molar-refractivity contribution in [2.75, 3.05) is 32.8 Å². The summed E-state index contributed by atoms with van der Waals surface area (Å²) in [4.78, 5) is 7.52. The second kappa shape index (κ2) is 10.6. The molecule has 1 unspecified atom stereocenters. The Kier molecular flexibility index (Phi) is 7.60. The van der Waals surface area contributed by atoms with Crippen molar-refractivity contribution in [3.05, 3.63) is 11.6 Å². The van der Waals surface area contributed by atoms with E-state index in [1.807, 2.05) is 18.5 Å². The molecule has 2 saturated heterocycles. The van der Waals surface area contributed by atoms with Crippen LogP contribution >= 0.6 is 0 Å². The van der Waals surface area contributed by atoms with E-state index in [2.05, 4.69) is 25.7 Å². The molecule has 1 atom stereocenters. The Morgan fingerprint density at radius 1 is 1.03 bits per heavy atom. The fraction of sp³-hybridized carbons (Fsp3) is 0.864. The number of hydrogen-bond donors (Lipinski definition) is 2. The van der Waals surface area contributed by atoms with Gasteiger partial charge in [-0.3, -0.25) is 0 Å². The Balaban J connectivity index is 1.32. The van der Waals surface area contributed by atoms with Crippen LogP contribution in [0.2, 0.25) is 0 Å². The fourth-order valence-corrected chi connectivity index (χ4v) is 4.86. The Morgan fingerprint density at radius 3 is 2.40 bits per heavy atom. The topological polar surface area (TPSA) is 79.6 Å². The quantitative estimate of drug-likeness (QED) is 0.544. The minimum Gasteiger partial charge on any atom is -0.381 e. The maximum absolute atomic E-state index is 5.54. The fourth-order valence-electron chi connectivity index (χ4n) is 4.86. The first kappa shape index (κ1) is 21.6. The van der Waals surface area contributed by atoms with Gasteiger partial charge in [-0.1, -0.05) is 19.3 Å². The second-order valence-electron chi connectivity index (χ2n) is 9.32. The lowest BCUT2D eigenvalue weighted by Crippen LogP contribution is -2.51. The van der Waals surface area contributed by atoms with Crippen molar-refractivity contribution in [3.8, 4) is 0 Å². The summed E-state index contributed by atoms with van der Waals surface area (Å²) in [7, 11) is 2.01. The van der Waals surface area contributed by atoms with Crippen molar-refractivity contribution in [1.82, 2.24) is 30.3 Å². The predicted molar refractivity (Wildman–Crippen MR) is 118 cm³/mol. The first-order chi connectivity index (χ1) is 14.7. The third-order valence-corrected chi connectivity index (χ3v) is 6.98. The number of likely N-dealkylation sites (tertiary alicyclic amines) is 1. The maximum Gasteiger partial charge on any atom is 0.192 e. The Labute approximate surface area is 180 Å². The van der Waals surface area contributed by atoms with E-state index in [0.29, 0.717) is 18.6 Å². The van der Waals surface area contributed by atoms with Gasteiger partial charge in [-0.2, -0.15) is 0 Å². The van der Waals surface area contributed by atoms with Gasteiger partial charge in [0.2, 0.25) is 0 Å². The molecule has 1 aromatic heterocycles. The zero-order chi connectivity index (χ0) is 20.8. The van der Waals surface area contributed by atoms with Crippen LogP contribution in [0.1, 0.15) is 63.0 Å². The van der Waals surface area contributed by atoms with Gasteiger partial charge in [0.1, 0.15) is 12.4 Å². The molecule has 3 aliphatic rings. The Bertz CT molecular complexity index is 684. The molecule has 1 aliphatic carbocycles. The van der Waals surface area contributed by atoms with Gasteiger partial charge < -0.3 is 24.8 Å².